The van der Waals surface area contributed by atoms with Gasteiger partial charge in [-0.2, -0.15) is 0 Å². The molecule has 0 fully saturated rings. The van der Waals surface area contributed by atoms with Crippen LogP contribution in [0.2, 0.25) is 0 Å². The fourth-order valence-electron chi connectivity index (χ4n) is 1.50. The maximum Gasteiger partial charge on any atom is 0.306 e. The molecule has 1 unspecified atom stereocenters. The molecule has 0 aliphatic carbocycles. The predicted octanol–water partition coefficient (Wildman–Crippen LogP) is 2.23. The van der Waals surface area contributed by atoms with Gasteiger partial charge in [0, 0.05) is 19.6 Å². The van der Waals surface area contributed by atoms with E-state index in [0.29, 0.717) is 11.3 Å². The van der Waals surface area contributed by atoms with Gasteiger partial charge < -0.3 is 14.6 Å². The van der Waals surface area contributed by atoms with Gasteiger partial charge in [-0.05, 0) is 19.1 Å². The number of ether oxygens (including phenoxy) is 2. The highest BCUT2D eigenvalue weighted by Crippen LogP contribution is 2.31. The lowest BCUT2D eigenvalue weighted by molar-refractivity contribution is -0.386. The third-order valence-electron chi connectivity index (χ3n) is 2.47. The van der Waals surface area contributed by atoms with Gasteiger partial charge in [-0.25, -0.2) is 0 Å². The molecule has 0 aromatic heterocycles. The third-order valence-corrected chi connectivity index (χ3v) is 2.47. The second kappa shape index (κ2) is 8.87. The van der Waals surface area contributed by atoms with Crippen LogP contribution in [0.5, 0.6) is 5.75 Å². The Balaban J connectivity index is 0.00000172. The summed E-state index contributed by atoms with van der Waals surface area (Å²) >= 11 is 0. The number of nitro groups is 1. The second-order valence-electron chi connectivity index (χ2n) is 3.67. The van der Waals surface area contributed by atoms with Crippen molar-refractivity contribution in [3.8, 4) is 5.75 Å². The van der Waals surface area contributed by atoms with Crippen molar-refractivity contribution in [2.75, 3.05) is 14.2 Å². The molecular formula is C13H19NO6. The van der Waals surface area contributed by atoms with Crippen molar-refractivity contribution in [2.45, 2.75) is 26.4 Å². The first-order chi connectivity index (χ1) is 9.49. The highest BCUT2D eigenvalue weighted by atomic mass is 16.6. The Bertz CT molecular complexity index is 460. The Morgan fingerprint density at radius 3 is 2.50 bits per heavy atom. The summed E-state index contributed by atoms with van der Waals surface area (Å²) in [5.74, 6) is 0.0783. The van der Waals surface area contributed by atoms with E-state index in [1.165, 1.54) is 25.3 Å². The third kappa shape index (κ3) is 4.85. The monoisotopic (exact) mass is 285 g/mol. The van der Waals surface area contributed by atoms with E-state index >= 15 is 0 Å². The molecule has 0 radical (unpaired) electrons. The van der Waals surface area contributed by atoms with E-state index in [1.54, 1.807) is 13.8 Å². The number of carbonyl (C=O) groups is 1. The van der Waals surface area contributed by atoms with E-state index in [4.69, 9.17) is 14.6 Å². The number of esters is 1. The normalized spacial score (nSPS) is 10.8. The molecule has 1 aromatic rings. The highest BCUT2D eigenvalue weighted by Gasteiger charge is 2.22. The maximum atomic E-state index is 11.2. The minimum atomic E-state index is -0.687. The van der Waals surface area contributed by atoms with Crippen molar-refractivity contribution < 1.29 is 24.3 Å². The van der Waals surface area contributed by atoms with Gasteiger partial charge in [0.05, 0.1) is 17.6 Å². The van der Waals surface area contributed by atoms with Crippen LogP contribution in [-0.4, -0.2) is 30.2 Å². The topological polar surface area (TPSA) is 98.9 Å². The fraction of sp³-hybridized carbons (Fsp3) is 0.462. The molecule has 0 saturated heterocycles. The van der Waals surface area contributed by atoms with Crippen LogP contribution in [0, 0.1) is 10.1 Å². The smallest absolute Gasteiger partial charge is 0.306 e. The standard InChI is InChI=1S/C12H15NO5.CH4O/c1-4-12(14)18-8(2)10-7-9(17-3)5-6-11(10)13(15)16;1-2/h5-8H,4H2,1-3H3;2H,1H3. The number of methoxy groups -OCH3 is 1. The van der Waals surface area contributed by atoms with Gasteiger partial charge in [0.15, 0.2) is 0 Å². The van der Waals surface area contributed by atoms with Crippen LogP contribution < -0.4 is 4.74 Å². The molecule has 112 valence electrons. The van der Waals surface area contributed by atoms with Crippen molar-refractivity contribution in [3.63, 3.8) is 0 Å². The molecule has 20 heavy (non-hydrogen) atoms. The van der Waals surface area contributed by atoms with Gasteiger partial charge >= 0.3 is 5.97 Å². The van der Waals surface area contributed by atoms with Gasteiger partial charge in [0.1, 0.15) is 11.9 Å². The molecule has 1 N–H and O–H groups in total. The van der Waals surface area contributed by atoms with Crippen LogP contribution in [0.4, 0.5) is 5.69 Å². The fourth-order valence-corrected chi connectivity index (χ4v) is 1.50. The summed E-state index contributed by atoms with van der Waals surface area (Å²) < 4.78 is 10.1. The van der Waals surface area contributed by atoms with Crippen LogP contribution in [0.1, 0.15) is 31.9 Å². The second-order valence-corrected chi connectivity index (χ2v) is 3.67. The lowest BCUT2D eigenvalue weighted by Gasteiger charge is -2.14. The van der Waals surface area contributed by atoms with E-state index in [2.05, 4.69) is 0 Å². The Morgan fingerprint density at radius 2 is 2.05 bits per heavy atom. The molecule has 1 atom stereocenters. The van der Waals surface area contributed by atoms with Crippen molar-refractivity contribution in [3.05, 3.63) is 33.9 Å². The molecule has 0 spiro atoms. The van der Waals surface area contributed by atoms with Gasteiger partial charge in [0.2, 0.25) is 0 Å². The molecule has 1 rings (SSSR count). The number of nitrogens with zero attached hydrogens (tertiary/aromatic N) is 1. The average Bonchev–Trinajstić information content (AvgIpc) is 2.48. The first kappa shape index (κ1) is 17.8. The van der Waals surface area contributed by atoms with Gasteiger partial charge in [0.25, 0.3) is 5.69 Å². The summed E-state index contributed by atoms with van der Waals surface area (Å²) in [5, 5.41) is 17.9. The lowest BCUT2D eigenvalue weighted by Crippen LogP contribution is -2.09. The highest BCUT2D eigenvalue weighted by molar-refractivity contribution is 5.69. The SMILES string of the molecule is CCC(=O)OC(C)c1cc(OC)ccc1[N+](=O)[O-].CO. The number of hydrogen-bond donors (Lipinski definition) is 1. The number of nitro benzene ring substituents is 1. The lowest BCUT2D eigenvalue weighted by atomic mass is 10.1. The van der Waals surface area contributed by atoms with Gasteiger partial charge in [-0.1, -0.05) is 6.92 Å². The quantitative estimate of drug-likeness (QED) is 0.506. The van der Waals surface area contributed by atoms with Crippen LogP contribution >= 0.6 is 0 Å². The molecule has 0 heterocycles. The van der Waals surface area contributed by atoms with Crippen molar-refractivity contribution in [1.82, 2.24) is 0 Å². The van der Waals surface area contributed by atoms with Crippen LogP contribution in [-0.2, 0) is 9.53 Å². The minimum absolute atomic E-state index is 0.0906. The molecular weight excluding hydrogens is 266 g/mol. The number of benzene rings is 1. The minimum Gasteiger partial charge on any atom is -0.497 e. The zero-order valence-electron chi connectivity index (χ0n) is 12.0. The van der Waals surface area contributed by atoms with E-state index < -0.39 is 17.0 Å². The summed E-state index contributed by atoms with van der Waals surface area (Å²) in [7, 11) is 2.47. The van der Waals surface area contributed by atoms with Crippen LogP contribution in [0.25, 0.3) is 0 Å². The molecule has 0 aliphatic rings. The molecule has 0 amide bonds. The summed E-state index contributed by atoms with van der Waals surface area (Å²) in [4.78, 5) is 21.6. The zero-order valence-corrected chi connectivity index (χ0v) is 12.0. The summed E-state index contributed by atoms with van der Waals surface area (Å²) in [6, 6.07) is 4.34. The molecule has 7 heteroatoms. The van der Waals surface area contributed by atoms with Gasteiger partial charge in [-0.15, -0.1) is 0 Å². The first-order valence-electron chi connectivity index (χ1n) is 5.96. The van der Waals surface area contributed by atoms with E-state index in [-0.39, 0.29) is 12.1 Å². The Labute approximate surface area is 117 Å². The first-order valence-corrected chi connectivity index (χ1v) is 5.96. The van der Waals surface area contributed by atoms with Gasteiger partial charge in [-0.3, -0.25) is 14.9 Å². The Kier molecular flexibility index (Phi) is 7.91. The molecule has 1 aromatic carbocycles. The predicted molar refractivity (Wildman–Crippen MR) is 72.6 cm³/mol. The summed E-state index contributed by atoms with van der Waals surface area (Å²) in [5.41, 5.74) is 0.230. The van der Waals surface area contributed by atoms with Crippen molar-refractivity contribution in [1.29, 1.82) is 0 Å². The molecule has 0 saturated carbocycles. The molecule has 0 bridgehead atoms. The van der Waals surface area contributed by atoms with Crippen molar-refractivity contribution in [2.24, 2.45) is 0 Å². The van der Waals surface area contributed by atoms with E-state index in [0.717, 1.165) is 7.11 Å². The maximum absolute atomic E-state index is 11.2. The molecule has 0 aliphatic heterocycles. The van der Waals surface area contributed by atoms with Crippen molar-refractivity contribution >= 4 is 11.7 Å². The van der Waals surface area contributed by atoms with Crippen LogP contribution in [0.3, 0.4) is 0 Å². The number of hydrogen-bond acceptors (Lipinski definition) is 6. The zero-order chi connectivity index (χ0) is 15.7. The Morgan fingerprint density at radius 1 is 1.45 bits per heavy atom. The van der Waals surface area contributed by atoms with E-state index in [1.807, 2.05) is 0 Å². The number of aliphatic hydroxyl groups excluding tert-OH is 1. The number of carbonyl (C=O) groups excluding carboxylic acids is 1. The van der Waals surface area contributed by atoms with E-state index in [9.17, 15) is 14.9 Å². The molecule has 7 nitrogen and oxygen atoms in total. The van der Waals surface area contributed by atoms with Crippen LogP contribution in [0.15, 0.2) is 18.2 Å². The largest absolute Gasteiger partial charge is 0.497 e. The number of aliphatic hydroxyl groups is 1. The summed E-state index contributed by atoms with van der Waals surface area (Å²) in [6.45, 7) is 3.25. The number of rotatable bonds is 5. The Hall–Kier alpha value is -2.15. The average molecular weight is 285 g/mol. The summed E-state index contributed by atoms with van der Waals surface area (Å²) in [6.07, 6.45) is -0.463.